The highest BCUT2D eigenvalue weighted by molar-refractivity contribution is 8.26. The van der Waals surface area contributed by atoms with Gasteiger partial charge in [0.25, 0.3) is 11.5 Å². The Hall–Kier alpha value is -2.95. The number of carbonyl (C=O) groups is 1. The van der Waals surface area contributed by atoms with Crippen molar-refractivity contribution in [3.63, 3.8) is 0 Å². The SMILES string of the molecule is Cc1ccc2nc(NC[C@H]3CCCO3)c(/C=C3\SC(=S)N(Cc4ccco4)C3=O)c(=O)n2c1. The van der Waals surface area contributed by atoms with Gasteiger partial charge in [-0.1, -0.05) is 30.0 Å². The first-order valence-corrected chi connectivity index (χ1v) is 11.9. The van der Waals surface area contributed by atoms with E-state index >= 15 is 0 Å². The van der Waals surface area contributed by atoms with Gasteiger partial charge >= 0.3 is 0 Å². The van der Waals surface area contributed by atoms with E-state index < -0.39 is 0 Å². The summed E-state index contributed by atoms with van der Waals surface area (Å²) >= 11 is 6.59. The number of pyridine rings is 1. The minimum atomic E-state index is -0.264. The fourth-order valence-corrected chi connectivity index (χ4v) is 5.10. The highest BCUT2D eigenvalue weighted by atomic mass is 32.2. The van der Waals surface area contributed by atoms with Gasteiger partial charge in [-0.3, -0.25) is 18.9 Å². The zero-order valence-corrected chi connectivity index (χ0v) is 19.6. The lowest BCUT2D eigenvalue weighted by Crippen LogP contribution is -2.27. The number of anilines is 1. The van der Waals surface area contributed by atoms with Crippen LogP contribution < -0.4 is 10.9 Å². The van der Waals surface area contributed by atoms with Crippen LogP contribution in [0.25, 0.3) is 11.7 Å². The molecule has 0 spiro atoms. The first kappa shape index (κ1) is 21.9. The van der Waals surface area contributed by atoms with Crippen molar-refractivity contribution in [3.05, 3.63) is 68.9 Å². The van der Waals surface area contributed by atoms with Crippen LogP contribution in [-0.2, 0) is 16.1 Å². The van der Waals surface area contributed by atoms with Crippen molar-refractivity contribution >= 4 is 51.7 Å². The number of thiocarbonyl (C=S) groups is 1. The Kier molecular flexibility index (Phi) is 6.05. The Morgan fingerprint density at radius 3 is 2.97 bits per heavy atom. The smallest absolute Gasteiger partial charge is 0.267 e. The van der Waals surface area contributed by atoms with E-state index in [0.29, 0.717) is 38.6 Å². The monoisotopic (exact) mass is 482 g/mol. The van der Waals surface area contributed by atoms with Crippen LogP contribution in [0, 0.1) is 6.92 Å². The van der Waals surface area contributed by atoms with E-state index in [-0.39, 0.29) is 24.1 Å². The van der Waals surface area contributed by atoms with Gasteiger partial charge in [0.15, 0.2) is 0 Å². The molecule has 0 unspecified atom stereocenters. The number of fused-ring (bicyclic) bond motifs is 1. The predicted octanol–water partition coefficient (Wildman–Crippen LogP) is 3.59. The van der Waals surface area contributed by atoms with E-state index in [1.807, 2.05) is 13.0 Å². The molecule has 2 aliphatic rings. The number of ether oxygens (including phenoxy) is 1. The fourth-order valence-electron chi connectivity index (χ4n) is 3.87. The molecule has 8 nitrogen and oxygen atoms in total. The number of nitrogens with zero attached hydrogens (tertiary/aromatic N) is 3. The maximum absolute atomic E-state index is 13.4. The Balaban J connectivity index is 1.52. The largest absolute Gasteiger partial charge is 0.467 e. The molecule has 1 atom stereocenters. The summed E-state index contributed by atoms with van der Waals surface area (Å²) in [5.74, 6) is 0.797. The summed E-state index contributed by atoms with van der Waals surface area (Å²) < 4.78 is 13.0. The molecule has 0 aliphatic carbocycles. The van der Waals surface area contributed by atoms with Crippen LogP contribution in [0.5, 0.6) is 0 Å². The van der Waals surface area contributed by atoms with Crippen LogP contribution in [-0.4, -0.2) is 43.8 Å². The van der Waals surface area contributed by atoms with Crippen molar-refractivity contribution in [2.24, 2.45) is 0 Å². The lowest BCUT2D eigenvalue weighted by Gasteiger charge is -2.14. The predicted molar refractivity (Wildman–Crippen MR) is 131 cm³/mol. The van der Waals surface area contributed by atoms with E-state index in [4.69, 9.17) is 21.4 Å². The van der Waals surface area contributed by atoms with Gasteiger partial charge in [-0.2, -0.15) is 0 Å². The van der Waals surface area contributed by atoms with Crippen LogP contribution in [0.2, 0.25) is 0 Å². The average molecular weight is 483 g/mol. The second kappa shape index (κ2) is 9.12. The number of rotatable bonds is 6. The van der Waals surface area contributed by atoms with Crippen molar-refractivity contribution < 1.29 is 13.9 Å². The van der Waals surface area contributed by atoms with Crippen LogP contribution >= 0.6 is 24.0 Å². The molecule has 0 bridgehead atoms. The molecule has 5 heterocycles. The minimum Gasteiger partial charge on any atom is -0.467 e. The molecule has 2 fully saturated rings. The number of aromatic nitrogens is 2. The Morgan fingerprint density at radius 1 is 1.33 bits per heavy atom. The second-order valence-corrected chi connectivity index (χ2v) is 9.65. The zero-order valence-electron chi connectivity index (χ0n) is 17.9. The maximum Gasteiger partial charge on any atom is 0.267 e. The van der Waals surface area contributed by atoms with Gasteiger partial charge in [0.1, 0.15) is 21.5 Å². The molecule has 10 heteroatoms. The molecule has 3 aromatic heterocycles. The third-order valence-corrected chi connectivity index (χ3v) is 6.95. The van der Waals surface area contributed by atoms with Crippen LogP contribution in [0.1, 0.15) is 29.7 Å². The number of carbonyl (C=O) groups excluding carboxylic acids is 1. The van der Waals surface area contributed by atoms with Crippen LogP contribution in [0.15, 0.2) is 50.8 Å². The topological polar surface area (TPSA) is 89.1 Å². The van der Waals surface area contributed by atoms with Crippen LogP contribution in [0.3, 0.4) is 0 Å². The molecule has 170 valence electrons. The van der Waals surface area contributed by atoms with Gasteiger partial charge in [-0.25, -0.2) is 4.98 Å². The minimum absolute atomic E-state index is 0.0719. The summed E-state index contributed by atoms with van der Waals surface area (Å²) in [5, 5.41) is 3.27. The van der Waals surface area contributed by atoms with Crippen molar-refractivity contribution in [1.82, 2.24) is 14.3 Å². The molecule has 0 radical (unpaired) electrons. The number of nitrogens with one attached hydrogen (secondary N) is 1. The molecule has 5 rings (SSSR count). The third kappa shape index (κ3) is 4.46. The lowest BCUT2D eigenvalue weighted by molar-refractivity contribution is -0.122. The highest BCUT2D eigenvalue weighted by Crippen LogP contribution is 2.34. The lowest BCUT2D eigenvalue weighted by atomic mass is 10.2. The summed E-state index contributed by atoms with van der Waals surface area (Å²) in [6.45, 7) is 3.43. The summed E-state index contributed by atoms with van der Waals surface area (Å²) in [7, 11) is 0. The first-order chi connectivity index (χ1) is 16.0. The molecule has 1 amide bonds. The molecule has 3 aromatic rings. The molecule has 33 heavy (non-hydrogen) atoms. The van der Waals surface area contributed by atoms with E-state index in [0.717, 1.165) is 25.0 Å². The van der Waals surface area contributed by atoms with Gasteiger partial charge in [0.2, 0.25) is 0 Å². The second-order valence-electron chi connectivity index (χ2n) is 7.98. The van der Waals surface area contributed by atoms with Crippen molar-refractivity contribution in [2.75, 3.05) is 18.5 Å². The molecule has 2 aliphatic heterocycles. The molecule has 2 saturated heterocycles. The number of aryl methyl sites for hydroxylation is 1. The number of furan rings is 1. The van der Waals surface area contributed by atoms with Gasteiger partial charge in [-0.15, -0.1) is 0 Å². The van der Waals surface area contributed by atoms with Crippen molar-refractivity contribution in [3.8, 4) is 0 Å². The highest BCUT2D eigenvalue weighted by Gasteiger charge is 2.33. The maximum atomic E-state index is 13.4. The average Bonchev–Trinajstić information content (AvgIpc) is 3.55. The van der Waals surface area contributed by atoms with E-state index in [1.54, 1.807) is 36.7 Å². The summed E-state index contributed by atoms with van der Waals surface area (Å²) in [6.07, 6.45) is 6.93. The van der Waals surface area contributed by atoms with E-state index in [1.165, 1.54) is 21.1 Å². The van der Waals surface area contributed by atoms with Gasteiger partial charge < -0.3 is 14.5 Å². The van der Waals surface area contributed by atoms with Crippen molar-refractivity contribution in [2.45, 2.75) is 32.4 Å². The zero-order chi connectivity index (χ0) is 22.9. The van der Waals surface area contributed by atoms with E-state index in [9.17, 15) is 9.59 Å². The van der Waals surface area contributed by atoms with E-state index in [2.05, 4.69) is 10.3 Å². The molecule has 1 N–H and O–H groups in total. The summed E-state index contributed by atoms with van der Waals surface area (Å²) in [5.41, 5.74) is 1.52. The summed E-state index contributed by atoms with van der Waals surface area (Å²) in [6, 6.07) is 7.27. The Morgan fingerprint density at radius 2 is 2.21 bits per heavy atom. The molecule has 0 aromatic carbocycles. The van der Waals surface area contributed by atoms with Gasteiger partial charge in [-0.05, 0) is 49.6 Å². The van der Waals surface area contributed by atoms with Gasteiger partial charge in [0, 0.05) is 19.3 Å². The van der Waals surface area contributed by atoms with Crippen molar-refractivity contribution in [1.29, 1.82) is 0 Å². The molecular weight excluding hydrogens is 460 g/mol. The standard InChI is InChI=1S/C23H22N4O4S2/c1-14-6-7-19-25-20(24-11-15-4-2-8-30-15)17(21(28)26(19)12-14)10-18-22(29)27(23(32)33-18)13-16-5-3-9-31-16/h3,5-7,9-10,12,15,24H,2,4,8,11,13H2,1H3/b18-10-/t15-/m1/s1. The number of amides is 1. The quantitative estimate of drug-likeness (QED) is 0.421. The summed E-state index contributed by atoms with van der Waals surface area (Å²) in [4.78, 5) is 33.0. The van der Waals surface area contributed by atoms with Crippen LogP contribution in [0.4, 0.5) is 5.82 Å². The Labute approximate surface area is 199 Å². The number of hydrogen-bond acceptors (Lipinski definition) is 8. The first-order valence-electron chi connectivity index (χ1n) is 10.7. The molecule has 0 saturated carbocycles. The van der Waals surface area contributed by atoms with Gasteiger partial charge in [0.05, 0.1) is 29.4 Å². The number of thioether (sulfide) groups is 1. The fraction of sp³-hybridized carbons (Fsp3) is 0.304. The Bertz CT molecular complexity index is 1310. The molecular formula is C23H22N4O4S2. The third-order valence-electron chi connectivity index (χ3n) is 5.57. The normalized spacial score (nSPS) is 19.8. The number of hydrogen-bond donors (Lipinski definition) is 1.